The lowest BCUT2D eigenvalue weighted by Crippen LogP contribution is -2.57. The molecule has 1 aliphatic heterocycles. The molecule has 0 radical (unpaired) electrons. The third-order valence-electron chi connectivity index (χ3n) is 9.39. The molecule has 0 unspecified atom stereocenters. The quantitative estimate of drug-likeness (QED) is 0.512. The predicted molar refractivity (Wildman–Crippen MR) is 140 cm³/mol. The summed E-state index contributed by atoms with van der Waals surface area (Å²) in [6, 6.07) is 3.25. The molecule has 2 aliphatic carbocycles. The number of nitrogens with zero attached hydrogens (tertiary/aromatic N) is 2. The number of aromatic nitrogens is 1. The Hall–Kier alpha value is -2.43. The van der Waals surface area contributed by atoms with Crippen molar-refractivity contribution in [3.8, 4) is 0 Å². The zero-order valence-corrected chi connectivity index (χ0v) is 22.6. The zero-order valence-electron chi connectivity index (χ0n) is 21.8. The molecule has 10 heteroatoms. The van der Waals surface area contributed by atoms with Crippen LogP contribution in [0, 0.1) is 28.4 Å². The SMILES string of the molecule is C[C@]1(CO)[C@H]2Cc3sc(NC(=O)c4c(F)cccc4F)nc3[C@@H](CC(=O)N3CCCCC3)[C@]2(C)CC[C@H]1O. The van der Waals surface area contributed by atoms with Crippen molar-refractivity contribution in [3.05, 3.63) is 46.0 Å². The van der Waals surface area contributed by atoms with Crippen LogP contribution in [-0.4, -0.2) is 57.7 Å². The van der Waals surface area contributed by atoms with Crippen molar-refractivity contribution in [1.29, 1.82) is 0 Å². The second-order valence-corrected chi connectivity index (χ2v) is 12.6. The highest BCUT2D eigenvalue weighted by molar-refractivity contribution is 7.15. The van der Waals surface area contributed by atoms with Crippen molar-refractivity contribution in [2.75, 3.05) is 25.0 Å². The highest BCUT2D eigenvalue weighted by atomic mass is 32.1. The van der Waals surface area contributed by atoms with Gasteiger partial charge >= 0.3 is 0 Å². The van der Waals surface area contributed by atoms with Crippen molar-refractivity contribution in [2.45, 2.75) is 70.8 Å². The Morgan fingerprint density at radius 2 is 1.87 bits per heavy atom. The highest BCUT2D eigenvalue weighted by Gasteiger charge is 2.59. The minimum atomic E-state index is -0.958. The molecule has 0 spiro atoms. The van der Waals surface area contributed by atoms with Crippen LogP contribution in [0.5, 0.6) is 0 Å². The molecular weight excluding hydrogens is 512 g/mol. The monoisotopic (exact) mass is 547 g/mol. The van der Waals surface area contributed by atoms with E-state index in [0.717, 1.165) is 55.1 Å². The van der Waals surface area contributed by atoms with Gasteiger partial charge in [0, 0.05) is 35.7 Å². The van der Waals surface area contributed by atoms with Crippen LogP contribution in [0.3, 0.4) is 0 Å². The van der Waals surface area contributed by atoms with Crippen LogP contribution >= 0.6 is 11.3 Å². The number of rotatable bonds is 5. The van der Waals surface area contributed by atoms with E-state index in [-0.39, 0.29) is 35.9 Å². The Labute approximate surface area is 225 Å². The number of amides is 2. The van der Waals surface area contributed by atoms with Gasteiger partial charge in [0.25, 0.3) is 5.91 Å². The minimum absolute atomic E-state index is 0.0614. The fourth-order valence-corrected chi connectivity index (χ4v) is 8.08. The number of likely N-dealkylation sites (tertiary alicyclic amines) is 1. The van der Waals surface area contributed by atoms with Crippen LogP contribution in [0.25, 0.3) is 0 Å². The first kappa shape index (κ1) is 27.1. The van der Waals surface area contributed by atoms with Crippen molar-refractivity contribution >= 4 is 28.3 Å². The number of thiazole rings is 1. The second-order valence-electron chi connectivity index (χ2n) is 11.6. The topological polar surface area (TPSA) is 103 Å². The first-order valence-corrected chi connectivity index (χ1v) is 14.2. The van der Waals surface area contributed by atoms with Gasteiger partial charge in [-0.15, -0.1) is 11.3 Å². The van der Waals surface area contributed by atoms with Crippen LogP contribution in [0.1, 0.15) is 79.2 Å². The van der Waals surface area contributed by atoms with E-state index in [1.165, 1.54) is 17.4 Å². The lowest BCUT2D eigenvalue weighted by molar-refractivity contribution is -0.147. The van der Waals surface area contributed by atoms with Gasteiger partial charge in [0.05, 0.1) is 18.4 Å². The fourth-order valence-electron chi connectivity index (χ4n) is 7.02. The van der Waals surface area contributed by atoms with Crippen molar-refractivity contribution < 1.29 is 28.6 Å². The van der Waals surface area contributed by atoms with E-state index in [2.05, 4.69) is 12.2 Å². The lowest BCUT2D eigenvalue weighted by Gasteiger charge is -2.58. The molecule has 0 bridgehead atoms. The molecule has 5 atom stereocenters. The number of hydrogen-bond donors (Lipinski definition) is 3. The summed E-state index contributed by atoms with van der Waals surface area (Å²) in [4.78, 5) is 33.8. The Balaban J connectivity index is 1.51. The number of halogens is 2. The van der Waals surface area contributed by atoms with Crippen LogP contribution in [0.15, 0.2) is 18.2 Å². The average molecular weight is 548 g/mol. The van der Waals surface area contributed by atoms with Gasteiger partial charge in [0.2, 0.25) is 5.91 Å². The van der Waals surface area contributed by atoms with E-state index >= 15 is 0 Å². The summed E-state index contributed by atoms with van der Waals surface area (Å²) >= 11 is 1.23. The number of hydrogen-bond acceptors (Lipinski definition) is 6. The van der Waals surface area contributed by atoms with E-state index < -0.39 is 40.0 Å². The summed E-state index contributed by atoms with van der Waals surface area (Å²) in [6.45, 7) is 5.31. The van der Waals surface area contributed by atoms with Gasteiger partial charge in [0.15, 0.2) is 5.13 Å². The molecule has 5 rings (SSSR count). The maximum absolute atomic E-state index is 14.2. The molecular formula is C28H35F2N3O4S. The maximum Gasteiger partial charge on any atom is 0.263 e. The molecule has 2 aromatic rings. The molecule has 7 nitrogen and oxygen atoms in total. The number of carbonyl (C=O) groups excluding carboxylic acids is 2. The molecule has 3 N–H and O–H groups in total. The number of anilines is 1. The summed E-state index contributed by atoms with van der Waals surface area (Å²) in [5.74, 6) is -3.18. The van der Waals surface area contributed by atoms with Gasteiger partial charge in [-0.2, -0.15) is 0 Å². The first-order chi connectivity index (χ1) is 18.1. The van der Waals surface area contributed by atoms with Crippen LogP contribution < -0.4 is 5.32 Å². The van der Waals surface area contributed by atoms with Crippen LogP contribution in [0.4, 0.5) is 13.9 Å². The summed E-state index contributed by atoms with van der Waals surface area (Å²) < 4.78 is 28.4. The van der Waals surface area contributed by atoms with Crippen molar-refractivity contribution in [3.63, 3.8) is 0 Å². The molecule has 1 aromatic heterocycles. The van der Waals surface area contributed by atoms with Gasteiger partial charge < -0.3 is 15.1 Å². The number of piperidine rings is 1. The molecule has 3 aliphatic rings. The Bertz CT molecular complexity index is 1210. The maximum atomic E-state index is 14.2. The summed E-state index contributed by atoms with van der Waals surface area (Å²) in [5.41, 5.74) is -1.13. The smallest absolute Gasteiger partial charge is 0.263 e. The van der Waals surface area contributed by atoms with Gasteiger partial charge in [-0.3, -0.25) is 14.9 Å². The number of aliphatic hydroxyl groups excluding tert-OH is 2. The number of benzene rings is 1. The van der Waals surface area contributed by atoms with Crippen molar-refractivity contribution in [1.82, 2.24) is 9.88 Å². The van der Waals surface area contributed by atoms with Crippen molar-refractivity contribution in [2.24, 2.45) is 16.7 Å². The van der Waals surface area contributed by atoms with E-state index in [4.69, 9.17) is 4.98 Å². The summed E-state index contributed by atoms with van der Waals surface area (Å²) in [6.07, 6.45) is 4.35. The fraction of sp³-hybridized carbons (Fsp3) is 0.607. The predicted octanol–water partition coefficient (Wildman–Crippen LogP) is 4.49. The molecule has 2 amide bonds. The lowest BCUT2D eigenvalue weighted by atomic mass is 9.47. The normalized spacial score (nSPS) is 30.9. The minimum Gasteiger partial charge on any atom is -0.396 e. The average Bonchev–Trinajstić information content (AvgIpc) is 3.30. The number of aliphatic hydroxyl groups is 2. The zero-order chi connectivity index (χ0) is 27.2. The number of fused-ring (bicyclic) bond motifs is 2. The van der Waals surface area contributed by atoms with Crippen LogP contribution in [-0.2, 0) is 11.2 Å². The highest BCUT2D eigenvalue weighted by Crippen LogP contribution is 2.63. The number of nitrogens with one attached hydrogen (secondary N) is 1. The van der Waals surface area contributed by atoms with Crippen LogP contribution in [0.2, 0.25) is 0 Å². The molecule has 38 heavy (non-hydrogen) atoms. The molecule has 1 saturated carbocycles. The Kier molecular flexibility index (Phi) is 7.34. The van der Waals surface area contributed by atoms with E-state index in [1.807, 2.05) is 11.8 Å². The standard InChI is InChI=1S/C28H35F2N3O4S/c1-27-10-9-21(35)28(2,15-34)20(27)14-19-24(16(27)13-22(36)33-11-4-3-5-12-33)31-26(38-19)32-25(37)23-17(29)7-6-8-18(23)30/h6-8,16,20-21,34-35H,3-5,9-15H2,1-2H3,(H,31,32,37)/t16-,20+,21-,27+,28+/m1/s1. The molecule has 206 valence electrons. The Morgan fingerprint density at radius 1 is 1.18 bits per heavy atom. The van der Waals surface area contributed by atoms with E-state index in [0.29, 0.717) is 19.3 Å². The van der Waals surface area contributed by atoms with Gasteiger partial charge in [-0.05, 0) is 62.0 Å². The second kappa shape index (κ2) is 10.3. The summed E-state index contributed by atoms with van der Waals surface area (Å²) in [5, 5.41) is 24.1. The molecule has 1 saturated heterocycles. The largest absolute Gasteiger partial charge is 0.396 e. The van der Waals surface area contributed by atoms with E-state index in [9.17, 15) is 28.6 Å². The van der Waals surface area contributed by atoms with E-state index in [1.54, 1.807) is 0 Å². The van der Waals surface area contributed by atoms with Gasteiger partial charge in [-0.1, -0.05) is 19.9 Å². The summed E-state index contributed by atoms with van der Waals surface area (Å²) in [7, 11) is 0. The first-order valence-electron chi connectivity index (χ1n) is 13.4. The van der Waals surface area contributed by atoms with Gasteiger partial charge in [0.1, 0.15) is 17.2 Å². The molecule has 2 fully saturated rings. The Morgan fingerprint density at radius 3 is 2.53 bits per heavy atom. The number of carbonyl (C=O) groups is 2. The molecule has 2 heterocycles. The molecule has 1 aromatic carbocycles. The van der Waals surface area contributed by atoms with Gasteiger partial charge in [-0.25, -0.2) is 13.8 Å². The third kappa shape index (κ3) is 4.54. The third-order valence-corrected chi connectivity index (χ3v) is 10.4.